The van der Waals surface area contributed by atoms with Crippen molar-refractivity contribution in [3.05, 3.63) is 40.5 Å². The van der Waals surface area contributed by atoms with Crippen LogP contribution < -0.4 is 0 Å². The van der Waals surface area contributed by atoms with Crippen LogP contribution in [-0.4, -0.2) is 26.3 Å². The molecule has 1 aliphatic carbocycles. The third-order valence-corrected chi connectivity index (χ3v) is 6.81. The van der Waals surface area contributed by atoms with Crippen LogP contribution in [0, 0.1) is 6.92 Å². The maximum atomic E-state index is 12.8. The highest BCUT2D eigenvalue weighted by atomic mass is 32.2. The molecule has 0 aliphatic heterocycles. The maximum absolute atomic E-state index is 12.8. The molecule has 25 heavy (non-hydrogen) atoms. The molecule has 0 saturated heterocycles. The topological polar surface area (TPSA) is 47.8 Å². The highest BCUT2D eigenvalue weighted by Crippen LogP contribution is 2.40. The molecule has 0 bridgehead atoms. The van der Waals surface area contributed by atoms with E-state index in [1.807, 2.05) is 19.1 Å². The minimum Gasteiger partial charge on any atom is -0.303 e. The van der Waals surface area contributed by atoms with E-state index in [-0.39, 0.29) is 5.78 Å². The Bertz CT molecular complexity index is 937. The summed E-state index contributed by atoms with van der Waals surface area (Å²) >= 11 is 3.12. The summed E-state index contributed by atoms with van der Waals surface area (Å²) in [5.41, 5.74) is 1.10. The van der Waals surface area contributed by atoms with Crippen molar-refractivity contribution in [2.24, 2.45) is 0 Å². The summed E-state index contributed by atoms with van der Waals surface area (Å²) in [5.74, 6) is 1.98. The lowest BCUT2D eigenvalue weighted by Gasteiger charge is -2.10. The van der Waals surface area contributed by atoms with Gasteiger partial charge in [-0.1, -0.05) is 43.8 Å². The summed E-state index contributed by atoms with van der Waals surface area (Å²) < 4.78 is 3.43. The van der Waals surface area contributed by atoms with Crippen LogP contribution in [0.2, 0.25) is 0 Å². The number of hydrogen-bond donors (Lipinski definition) is 0. The molecule has 1 aliphatic rings. The van der Waals surface area contributed by atoms with Crippen LogP contribution in [-0.2, 0) is 0 Å². The molecule has 1 fully saturated rings. The van der Waals surface area contributed by atoms with Gasteiger partial charge in [-0.2, -0.15) is 0 Å². The van der Waals surface area contributed by atoms with E-state index in [9.17, 15) is 4.79 Å². The highest BCUT2D eigenvalue weighted by molar-refractivity contribution is 7.99. The van der Waals surface area contributed by atoms with Crippen LogP contribution in [0.1, 0.15) is 59.7 Å². The van der Waals surface area contributed by atoms with Crippen LogP contribution in [0.15, 0.2) is 29.4 Å². The van der Waals surface area contributed by atoms with Gasteiger partial charge >= 0.3 is 0 Å². The van der Waals surface area contributed by atoms with Gasteiger partial charge in [0.25, 0.3) is 0 Å². The molecule has 2 heterocycles. The largest absolute Gasteiger partial charge is 0.303 e. The van der Waals surface area contributed by atoms with Crippen LogP contribution in [0.3, 0.4) is 0 Å². The van der Waals surface area contributed by atoms with Crippen molar-refractivity contribution < 1.29 is 4.79 Å². The number of aromatic nitrogens is 3. The quantitative estimate of drug-likeness (QED) is 0.439. The van der Waals surface area contributed by atoms with Gasteiger partial charge in [-0.05, 0) is 36.8 Å². The molecule has 0 atom stereocenters. The Labute approximate surface area is 155 Å². The summed E-state index contributed by atoms with van der Waals surface area (Å²) in [6.45, 7) is 6.33. The zero-order valence-electron chi connectivity index (χ0n) is 14.7. The van der Waals surface area contributed by atoms with Gasteiger partial charge < -0.3 is 4.57 Å². The molecule has 1 saturated carbocycles. The molecule has 2 aromatic heterocycles. The van der Waals surface area contributed by atoms with E-state index in [4.69, 9.17) is 0 Å². The number of thiophene rings is 1. The number of benzene rings is 1. The number of rotatable bonds is 6. The van der Waals surface area contributed by atoms with E-state index in [0.29, 0.717) is 17.7 Å². The van der Waals surface area contributed by atoms with Crippen molar-refractivity contribution in [3.63, 3.8) is 0 Å². The molecule has 0 amide bonds. The van der Waals surface area contributed by atoms with E-state index in [1.54, 1.807) is 11.3 Å². The fourth-order valence-electron chi connectivity index (χ4n) is 3.09. The van der Waals surface area contributed by atoms with E-state index in [0.717, 1.165) is 21.4 Å². The molecule has 130 valence electrons. The molecule has 0 N–H and O–H groups in total. The molecule has 0 unspecified atom stereocenters. The van der Waals surface area contributed by atoms with Gasteiger partial charge in [-0.25, -0.2) is 0 Å². The smallest absolute Gasteiger partial charge is 0.191 e. The van der Waals surface area contributed by atoms with Crippen molar-refractivity contribution in [3.8, 4) is 0 Å². The lowest BCUT2D eigenvalue weighted by Crippen LogP contribution is -2.07. The Hall–Kier alpha value is -1.66. The molecule has 0 radical (unpaired) electrons. The summed E-state index contributed by atoms with van der Waals surface area (Å²) in [6, 6.07) is 8.74. The van der Waals surface area contributed by atoms with Gasteiger partial charge in [0.15, 0.2) is 10.9 Å². The second-order valence-electron chi connectivity index (χ2n) is 6.86. The van der Waals surface area contributed by atoms with Crippen LogP contribution >= 0.6 is 23.1 Å². The van der Waals surface area contributed by atoms with Crippen LogP contribution in [0.5, 0.6) is 0 Å². The number of Topliss-reactive ketones (excluding diaryl/α,β-unsaturated/α-hetero) is 1. The lowest BCUT2D eigenvalue weighted by molar-refractivity contribution is 0.102. The van der Waals surface area contributed by atoms with E-state index < -0.39 is 0 Å². The first kappa shape index (κ1) is 16.8. The Kier molecular flexibility index (Phi) is 4.41. The van der Waals surface area contributed by atoms with Gasteiger partial charge in [0.2, 0.25) is 0 Å². The van der Waals surface area contributed by atoms with Gasteiger partial charge in [0.1, 0.15) is 5.82 Å². The fraction of sp³-hybridized carbons (Fsp3) is 0.421. The number of aryl methyl sites for hydroxylation is 1. The van der Waals surface area contributed by atoms with Crippen molar-refractivity contribution in [2.75, 3.05) is 5.75 Å². The number of carbonyl (C=O) groups is 1. The van der Waals surface area contributed by atoms with Gasteiger partial charge in [-0.15, -0.1) is 21.5 Å². The monoisotopic (exact) mass is 371 g/mol. The van der Waals surface area contributed by atoms with E-state index in [2.05, 4.69) is 40.7 Å². The van der Waals surface area contributed by atoms with Crippen LogP contribution in [0.4, 0.5) is 0 Å². The average molecular weight is 372 g/mol. The number of ketones is 1. The maximum Gasteiger partial charge on any atom is 0.191 e. The summed E-state index contributed by atoms with van der Waals surface area (Å²) in [5, 5.41) is 10.8. The minimum absolute atomic E-state index is 0.181. The highest BCUT2D eigenvalue weighted by Gasteiger charge is 2.30. The van der Waals surface area contributed by atoms with Crippen molar-refractivity contribution >= 4 is 39.0 Å². The molecule has 4 rings (SSSR count). The first-order chi connectivity index (χ1) is 12.1. The zero-order chi connectivity index (χ0) is 17.6. The van der Waals surface area contributed by atoms with Crippen LogP contribution in [0.25, 0.3) is 10.1 Å². The predicted molar refractivity (Wildman–Crippen MR) is 104 cm³/mol. The SMILES string of the molecule is Cc1c(C(=O)CSc2nnc(C(C)C)n2C2CC2)sc2ccccc12. The Morgan fingerprint density at radius 3 is 2.76 bits per heavy atom. The first-order valence-electron chi connectivity index (χ1n) is 8.65. The number of carbonyl (C=O) groups excluding carboxylic acids is 1. The Morgan fingerprint density at radius 1 is 1.32 bits per heavy atom. The van der Waals surface area contributed by atoms with Crippen molar-refractivity contribution in [2.45, 2.75) is 50.7 Å². The summed E-state index contributed by atoms with van der Waals surface area (Å²) in [7, 11) is 0. The standard InChI is InChI=1S/C19H21N3OS2/c1-11(2)18-20-21-19(22(18)13-8-9-13)24-10-15(23)17-12(3)14-6-4-5-7-16(14)25-17/h4-7,11,13H,8-10H2,1-3H3. The number of hydrogen-bond acceptors (Lipinski definition) is 5. The third kappa shape index (κ3) is 3.13. The van der Waals surface area contributed by atoms with E-state index in [1.165, 1.54) is 34.7 Å². The Balaban J connectivity index is 1.55. The zero-order valence-corrected chi connectivity index (χ0v) is 16.3. The number of nitrogens with zero attached hydrogens (tertiary/aromatic N) is 3. The average Bonchev–Trinajstić information content (AvgIpc) is 3.26. The molecule has 3 aromatic rings. The second kappa shape index (κ2) is 6.57. The van der Waals surface area contributed by atoms with Gasteiger partial charge in [-0.3, -0.25) is 4.79 Å². The number of fused-ring (bicyclic) bond motifs is 1. The van der Waals surface area contributed by atoms with Crippen molar-refractivity contribution in [1.82, 2.24) is 14.8 Å². The second-order valence-corrected chi connectivity index (χ2v) is 8.86. The molecule has 4 nitrogen and oxygen atoms in total. The van der Waals surface area contributed by atoms with Gasteiger partial charge in [0.05, 0.1) is 10.6 Å². The normalized spacial score (nSPS) is 14.6. The molecule has 1 aromatic carbocycles. The Morgan fingerprint density at radius 2 is 2.08 bits per heavy atom. The van der Waals surface area contributed by atoms with Gasteiger partial charge in [0, 0.05) is 16.7 Å². The predicted octanol–water partition coefficient (Wildman–Crippen LogP) is 5.23. The molecule has 6 heteroatoms. The lowest BCUT2D eigenvalue weighted by atomic mass is 10.1. The fourth-order valence-corrected chi connectivity index (χ4v) is 5.22. The van der Waals surface area contributed by atoms with Crippen molar-refractivity contribution in [1.29, 1.82) is 0 Å². The molecule has 0 spiro atoms. The summed E-state index contributed by atoms with van der Waals surface area (Å²) in [4.78, 5) is 13.6. The number of thioether (sulfide) groups is 1. The third-order valence-electron chi connectivity index (χ3n) is 4.55. The van der Waals surface area contributed by atoms with E-state index >= 15 is 0 Å². The molecular formula is C19H21N3OS2. The first-order valence-corrected chi connectivity index (χ1v) is 10.5. The summed E-state index contributed by atoms with van der Waals surface area (Å²) in [6.07, 6.45) is 2.38. The molecular weight excluding hydrogens is 350 g/mol. The minimum atomic E-state index is 0.181.